The Morgan fingerprint density at radius 3 is 2.23 bits per heavy atom. The maximum absolute atomic E-state index is 14.7. The summed E-state index contributed by atoms with van der Waals surface area (Å²) in [4.78, 5) is 76.9. The maximum atomic E-state index is 14.7. The molecule has 3 aromatic carbocycles. The number of allylic oxidation sites excluding steroid dienone is 4. The number of nitrogens with one attached hydrogen (secondary N) is 1. The first-order chi connectivity index (χ1) is 38.3. The van der Waals surface area contributed by atoms with Crippen molar-refractivity contribution in [3.63, 3.8) is 0 Å². The first kappa shape index (κ1) is 64.1. The van der Waals surface area contributed by atoms with Crippen LogP contribution in [0.15, 0.2) is 71.8 Å². The standard InChI is InChI=1S/C60H79N4O17P/c1-32-19-26-78-60(13)57(73)48-46-47(52(70)39(8)56(48)81-60)54(72)49(62-58(74)34(3)16-14-15-33(2)50(68)37(6)51(69)38(7)55(36(32)5)80-41(10)67)43(53(46)71)31-61-64-22-20-63(21-23-64)24-27-77-35(4)30-59(11,12)44-29-42(82(75,76)28-25-65)17-18-45(44)79-40(9)66/h14-19,25-26,29,31-33,36-38,50-51,55,68-72H,4,20-24,27-28,30H2,1-3,5-13H3,(H,62,74)(H,75,76)/b15-14+,26-19+,34-16-,61-31+/t32-,33-,36+,37+,38+,50-,51+,55+,60-/m0/s1. The first-order valence-electron chi connectivity index (χ1n) is 27.3. The lowest BCUT2D eigenvalue weighted by Gasteiger charge is -2.37. The number of ether oxygens (including phenoxy) is 5. The zero-order valence-corrected chi connectivity index (χ0v) is 49.6. The fourth-order valence-corrected chi connectivity index (χ4v) is 11.7. The summed E-state index contributed by atoms with van der Waals surface area (Å²) in [6, 6.07) is 4.26. The predicted molar refractivity (Wildman–Crippen MR) is 309 cm³/mol. The van der Waals surface area contributed by atoms with E-state index in [2.05, 4.69) is 21.9 Å². The molecule has 446 valence electrons. The van der Waals surface area contributed by atoms with Crippen molar-refractivity contribution in [1.29, 1.82) is 0 Å². The molecular weight excluding hydrogens is 1080 g/mol. The second kappa shape index (κ2) is 26.0. The number of aliphatic hydroxyl groups is 2. The lowest BCUT2D eigenvalue weighted by molar-refractivity contribution is -0.158. The van der Waals surface area contributed by atoms with Gasteiger partial charge in [0.2, 0.25) is 7.37 Å². The second-order valence-electron chi connectivity index (χ2n) is 22.6. The molecule has 5 bridgehead atoms. The highest BCUT2D eigenvalue weighted by Gasteiger charge is 2.50. The molecule has 0 aliphatic carbocycles. The topological polar surface area (TPSA) is 301 Å². The van der Waals surface area contributed by atoms with Crippen LogP contribution in [0, 0.1) is 36.5 Å². The summed E-state index contributed by atoms with van der Waals surface area (Å²) in [5.41, 5.74) is -0.948. The van der Waals surface area contributed by atoms with Crippen molar-refractivity contribution < 1.29 is 82.6 Å². The fourth-order valence-electron chi connectivity index (χ4n) is 10.6. The quantitative estimate of drug-likeness (QED) is 0.0122. The third-order valence-corrected chi connectivity index (χ3v) is 17.6. The van der Waals surface area contributed by atoms with E-state index in [1.165, 1.54) is 71.4 Å². The summed E-state index contributed by atoms with van der Waals surface area (Å²) in [5.74, 6) is -8.80. The van der Waals surface area contributed by atoms with E-state index in [1.807, 2.05) is 27.7 Å². The number of hydrazone groups is 1. The Balaban J connectivity index is 1.27. The Bertz CT molecular complexity index is 3140. The summed E-state index contributed by atoms with van der Waals surface area (Å²) in [7, 11) is -4.01. The van der Waals surface area contributed by atoms with Crippen LogP contribution >= 0.6 is 7.37 Å². The normalized spacial score (nSPS) is 27.2. The minimum Gasteiger partial charge on any atom is -0.507 e. The molecule has 7 rings (SSSR count). The lowest BCUT2D eigenvalue weighted by atomic mass is 9.77. The van der Waals surface area contributed by atoms with Crippen LogP contribution in [-0.2, 0) is 43.4 Å². The Morgan fingerprint density at radius 2 is 1.60 bits per heavy atom. The van der Waals surface area contributed by atoms with Gasteiger partial charge in [0.15, 0.2) is 5.75 Å². The number of nitrogens with zero attached hydrogens (tertiary/aromatic N) is 3. The number of benzene rings is 3. The van der Waals surface area contributed by atoms with Gasteiger partial charge in [-0.1, -0.05) is 73.3 Å². The Morgan fingerprint density at radius 1 is 0.927 bits per heavy atom. The third-order valence-electron chi connectivity index (χ3n) is 15.9. The molecule has 0 aromatic heterocycles. The van der Waals surface area contributed by atoms with E-state index in [0.29, 0.717) is 50.3 Å². The number of carbonyl (C=O) groups is 5. The third kappa shape index (κ3) is 14.1. The number of phenolic OH excluding ortho intramolecular Hbond substituents is 3. The van der Waals surface area contributed by atoms with Crippen LogP contribution in [0.1, 0.15) is 110 Å². The smallest absolute Gasteiger partial charge is 0.312 e. The summed E-state index contributed by atoms with van der Waals surface area (Å²) < 4.78 is 42.5. The lowest BCUT2D eigenvalue weighted by Crippen LogP contribution is -2.45. The Hall–Kier alpha value is -7.03. The minimum atomic E-state index is -4.01. The summed E-state index contributed by atoms with van der Waals surface area (Å²) in [6.07, 6.45) is 5.90. The van der Waals surface area contributed by atoms with Gasteiger partial charge >= 0.3 is 17.7 Å². The molecule has 82 heavy (non-hydrogen) atoms. The van der Waals surface area contributed by atoms with Crippen molar-refractivity contribution in [2.24, 2.45) is 34.7 Å². The molecule has 1 amide bonds. The number of esters is 2. The molecule has 1 unspecified atom stereocenters. The number of Topliss-reactive ketones (excluding diaryl/α,β-unsaturated/α-hetero) is 1. The SMILES string of the molecule is C=C(CC(C)(C)c1cc(P(=O)(O)CC=O)ccc1OC(C)=O)OCCN1CCN(/N=C/c2c3c(O)c4c(O)c(C)c5c(c4c2O)C(=O)[C@@](C)(O/C=C/[C@H](C)[C@@H](C)[C@@H](OC(C)=O)[C@H](C)[C@H](O)[C@H](C)[C@@H](O)[C@@H](C)/C=C/C=C(/C)C(=O)N3)O5)CC1. The zero-order chi connectivity index (χ0) is 60.9. The van der Waals surface area contributed by atoms with Gasteiger partial charge in [-0.3, -0.25) is 33.7 Å². The number of fused-ring (bicyclic) bond motifs is 14. The largest absolute Gasteiger partial charge is 0.507 e. The van der Waals surface area contributed by atoms with Gasteiger partial charge in [0.1, 0.15) is 42.0 Å². The number of phenols is 3. The van der Waals surface area contributed by atoms with E-state index >= 15 is 0 Å². The number of anilines is 1. The van der Waals surface area contributed by atoms with Crippen molar-refractivity contribution in [2.75, 3.05) is 50.8 Å². The van der Waals surface area contributed by atoms with Crippen LogP contribution < -0.4 is 20.1 Å². The number of aliphatic hydroxyl groups excluding tert-OH is 2. The number of rotatable bonds is 14. The molecule has 0 radical (unpaired) electrons. The molecule has 21 nitrogen and oxygen atoms in total. The van der Waals surface area contributed by atoms with Crippen LogP contribution in [-0.4, -0.2) is 146 Å². The van der Waals surface area contributed by atoms with Gasteiger partial charge in [0.25, 0.3) is 11.7 Å². The number of amides is 1. The van der Waals surface area contributed by atoms with Gasteiger partial charge in [-0.05, 0) is 50.0 Å². The monoisotopic (exact) mass is 1160 g/mol. The molecule has 1 fully saturated rings. The van der Waals surface area contributed by atoms with Crippen LogP contribution in [0.3, 0.4) is 0 Å². The van der Waals surface area contributed by atoms with Crippen LogP contribution in [0.2, 0.25) is 0 Å². The number of piperazine rings is 1. The van der Waals surface area contributed by atoms with Gasteiger partial charge in [0, 0.05) is 110 Å². The highest BCUT2D eigenvalue weighted by molar-refractivity contribution is 7.66. The summed E-state index contributed by atoms with van der Waals surface area (Å²) >= 11 is 0. The van der Waals surface area contributed by atoms with Gasteiger partial charge in [0.05, 0.1) is 58.8 Å². The highest BCUT2D eigenvalue weighted by Crippen LogP contribution is 2.55. The van der Waals surface area contributed by atoms with Crippen LogP contribution in [0.25, 0.3) is 10.8 Å². The minimum absolute atomic E-state index is 0.0264. The van der Waals surface area contributed by atoms with Gasteiger partial charge in [-0.25, -0.2) is 0 Å². The van der Waals surface area contributed by atoms with E-state index in [4.69, 9.17) is 23.7 Å². The van der Waals surface area contributed by atoms with Crippen molar-refractivity contribution in [1.82, 2.24) is 9.91 Å². The first-order valence-corrected chi connectivity index (χ1v) is 29.2. The molecule has 0 spiro atoms. The van der Waals surface area contributed by atoms with E-state index in [1.54, 1.807) is 44.0 Å². The van der Waals surface area contributed by atoms with Gasteiger partial charge < -0.3 is 64.2 Å². The van der Waals surface area contributed by atoms with E-state index in [0.717, 1.165) is 0 Å². The van der Waals surface area contributed by atoms with Gasteiger partial charge in [-0.15, -0.1) is 0 Å². The van der Waals surface area contributed by atoms with Crippen LogP contribution in [0.5, 0.6) is 28.7 Å². The molecule has 4 heterocycles. The number of aromatic hydroxyl groups is 3. The average molecular weight is 1160 g/mol. The van der Waals surface area contributed by atoms with E-state index in [-0.39, 0.29) is 68.6 Å². The van der Waals surface area contributed by atoms with Crippen molar-refractivity contribution >= 4 is 65.3 Å². The Kier molecular flexibility index (Phi) is 20.4. The molecule has 3 aromatic rings. The molecule has 10 atom stereocenters. The number of hydrogen-bond acceptors (Lipinski definition) is 19. The van der Waals surface area contributed by atoms with Crippen LogP contribution in [0.4, 0.5) is 5.69 Å². The molecule has 22 heteroatoms. The number of aldehydes is 1. The summed E-state index contributed by atoms with van der Waals surface area (Å²) in [6.45, 7) is 26.0. The second-order valence-corrected chi connectivity index (χ2v) is 24.9. The highest BCUT2D eigenvalue weighted by atomic mass is 31.2. The van der Waals surface area contributed by atoms with Crippen molar-refractivity contribution in [3.8, 4) is 28.7 Å². The molecule has 0 saturated carbocycles. The average Bonchev–Trinajstić information content (AvgIpc) is 1.72. The Labute approximate surface area is 478 Å². The number of carbonyl (C=O) groups excluding carboxylic acids is 5. The van der Waals surface area contributed by atoms with Crippen molar-refractivity contribution in [3.05, 3.63) is 88.9 Å². The predicted octanol–water partition coefficient (Wildman–Crippen LogP) is 7.24. The van der Waals surface area contributed by atoms with Gasteiger partial charge in [-0.2, -0.15) is 5.10 Å². The summed E-state index contributed by atoms with van der Waals surface area (Å²) in [5, 5.41) is 67.8. The molecule has 4 aliphatic rings. The zero-order valence-electron chi connectivity index (χ0n) is 48.7. The van der Waals surface area contributed by atoms with E-state index < -0.39 is 114 Å². The number of ketones is 1. The van der Waals surface area contributed by atoms with E-state index in [9.17, 15) is 59.0 Å². The number of hydrogen-bond donors (Lipinski definition) is 7. The molecule has 1 saturated heterocycles. The fraction of sp³-hybridized carbons (Fsp3) is 0.500. The molecule has 4 aliphatic heterocycles. The van der Waals surface area contributed by atoms with Crippen molar-refractivity contribution in [2.45, 2.75) is 119 Å². The molecule has 7 N–H and O–H groups in total. The molecular formula is C60H79N4O17P. The maximum Gasteiger partial charge on any atom is 0.312 e.